The van der Waals surface area contributed by atoms with Gasteiger partial charge in [0.05, 0.1) is 23.6 Å². The van der Waals surface area contributed by atoms with Crippen molar-refractivity contribution in [2.24, 2.45) is 0 Å². The number of rotatable bonds is 5. The highest BCUT2D eigenvalue weighted by molar-refractivity contribution is 8.26. The Morgan fingerprint density at radius 1 is 1.13 bits per heavy atom. The summed E-state index contributed by atoms with van der Waals surface area (Å²) in [6.07, 6.45) is 2.81. The van der Waals surface area contributed by atoms with E-state index in [2.05, 4.69) is 0 Å². The van der Waals surface area contributed by atoms with Crippen LogP contribution in [0.15, 0.2) is 58.4 Å². The number of hydrogen-bond acceptors (Lipinski definition) is 8. The van der Waals surface area contributed by atoms with Gasteiger partial charge in [0.2, 0.25) is 0 Å². The topological polar surface area (TPSA) is 87.5 Å². The number of carbonyl (C=O) groups is 2. The van der Waals surface area contributed by atoms with E-state index in [0.29, 0.717) is 53.5 Å². The average Bonchev–Trinajstić information content (AvgIpc) is 3.19. The maximum Gasteiger partial charge on any atom is 0.409 e. The Labute approximate surface area is 227 Å². The third-order valence-electron chi connectivity index (χ3n) is 6.26. The molecule has 0 bridgehead atoms. The summed E-state index contributed by atoms with van der Waals surface area (Å²) < 4.78 is 20.2. The van der Waals surface area contributed by atoms with Gasteiger partial charge in [-0.1, -0.05) is 42.2 Å². The molecule has 1 aromatic carbocycles. The van der Waals surface area contributed by atoms with Crippen molar-refractivity contribution in [3.8, 4) is 0 Å². The first-order chi connectivity index (χ1) is 18.4. The first kappa shape index (κ1) is 25.9. The lowest BCUT2D eigenvalue weighted by atomic mass is 10.2. The lowest BCUT2D eigenvalue weighted by Crippen LogP contribution is -2.49. The van der Waals surface area contributed by atoms with Crippen molar-refractivity contribution >= 4 is 57.8 Å². The summed E-state index contributed by atoms with van der Waals surface area (Å²) in [5, 5.41) is 0. The second-order valence-corrected chi connectivity index (χ2v) is 10.3. The van der Waals surface area contributed by atoms with E-state index in [0.717, 1.165) is 17.3 Å². The number of thioether (sulfide) groups is 1. The minimum atomic E-state index is -0.372. The number of thiocarbonyl (C=S) groups is 1. The summed E-state index contributed by atoms with van der Waals surface area (Å²) in [6.45, 7) is 3.96. The number of fused-ring (bicyclic) bond motifs is 1. The van der Waals surface area contributed by atoms with Crippen LogP contribution in [0.4, 0.5) is 15.0 Å². The van der Waals surface area contributed by atoms with Crippen molar-refractivity contribution in [2.75, 3.05) is 37.7 Å². The maximum atomic E-state index is 13.6. The third-order valence-corrected chi connectivity index (χ3v) is 7.63. The molecule has 0 aliphatic carbocycles. The molecular weight excluding hydrogens is 529 g/mol. The Morgan fingerprint density at radius 3 is 2.58 bits per heavy atom. The van der Waals surface area contributed by atoms with E-state index >= 15 is 0 Å². The first-order valence-corrected chi connectivity index (χ1v) is 13.3. The van der Waals surface area contributed by atoms with Gasteiger partial charge in [-0.15, -0.1) is 0 Å². The van der Waals surface area contributed by atoms with Gasteiger partial charge in [0.15, 0.2) is 0 Å². The molecule has 5 rings (SSSR count). The van der Waals surface area contributed by atoms with Crippen molar-refractivity contribution in [2.45, 2.75) is 13.5 Å². The van der Waals surface area contributed by atoms with Gasteiger partial charge >= 0.3 is 6.09 Å². The molecule has 2 amide bonds. The molecule has 2 aliphatic rings. The van der Waals surface area contributed by atoms with Crippen molar-refractivity contribution in [3.63, 3.8) is 0 Å². The number of pyridine rings is 1. The maximum absolute atomic E-state index is 13.6. The number of piperazine rings is 1. The number of carbonyl (C=O) groups excluding carboxylic acids is 2. The quantitative estimate of drug-likeness (QED) is 0.351. The Morgan fingerprint density at radius 2 is 1.87 bits per heavy atom. The van der Waals surface area contributed by atoms with E-state index in [1.807, 2.05) is 4.90 Å². The predicted molar refractivity (Wildman–Crippen MR) is 147 cm³/mol. The summed E-state index contributed by atoms with van der Waals surface area (Å²) in [5.41, 5.74) is 1.15. The van der Waals surface area contributed by atoms with Crippen LogP contribution in [-0.2, 0) is 16.1 Å². The van der Waals surface area contributed by atoms with Gasteiger partial charge in [-0.3, -0.25) is 18.9 Å². The van der Waals surface area contributed by atoms with Crippen molar-refractivity contribution in [1.82, 2.24) is 19.2 Å². The highest BCUT2D eigenvalue weighted by Gasteiger charge is 2.33. The third kappa shape index (κ3) is 5.14. The first-order valence-electron chi connectivity index (χ1n) is 12.0. The molecule has 2 aliphatic heterocycles. The second kappa shape index (κ2) is 10.9. The lowest BCUT2D eigenvalue weighted by molar-refractivity contribution is -0.122. The van der Waals surface area contributed by atoms with E-state index in [4.69, 9.17) is 21.9 Å². The fraction of sp³-hybridized carbons (Fsp3) is 0.269. The number of anilines is 1. The highest BCUT2D eigenvalue weighted by atomic mass is 32.2. The monoisotopic (exact) mass is 553 g/mol. The van der Waals surface area contributed by atoms with E-state index < -0.39 is 0 Å². The molecule has 0 saturated carbocycles. The van der Waals surface area contributed by atoms with Crippen LogP contribution < -0.4 is 10.5 Å². The molecule has 0 unspecified atom stereocenters. The summed E-state index contributed by atoms with van der Waals surface area (Å²) in [5.74, 6) is -0.257. The Balaban J connectivity index is 1.48. The number of ether oxygens (including phenoxy) is 1. The zero-order valence-corrected chi connectivity index (χ0v) is 22.1. The molecule has 0 N–H and O–H groups in total. The van der Waals surface area contributed by atoms with Crippen LogP contribution >= 0.6 is 24.0 Å². The number of hydrogen-bond donors (Lipinski definition) is 0. The number of amides is 2. The summed E-state index contributed by atoms with van der Waals surface area (Å²) >= 11 is 6.57. The molecule has 3 aromatic rings. The van der Waals surface area contributed by atoms with E-state index in [-0.39, 0.29) is 35.5 Å². The molecule has 12 heteroatoms. The zero-order valence-electron chi connectivity index (χ0n) is 20.5. The average molecular weight is 554 g/mol. The molecule has 0 spiro atoms. The van der Waals surface area contributed by atoms with Gasteiger partial charge in [0.1, 0.15) is 21.6 Å². The van der Waals surface area contributed by atoms with Crippen molar-refractivity contribution in [1.29, 1.82) is 0 Å². The van der Waals surface area contributed by atoms with E-state index in [1.165, 1.54) is 21.4 Å². The minimum absolute atomic E-state index is 0.194. The van der Waals surface area contributed by atoms with Crippen LogP contribution in [-0.4, -0.2) is 68.3 Å². The highest BCUT2D eigenvalue weighted by Crippen LogP contribution is 2.34. The summed E-state index contributed by atoms with van der Waals surface area (Å²) in [7, 11) is 0. The number of halogens is 1. The fourth-order valence-electron chi connectivity index (χ4n) is 4.31. The molecule has 2 saturated heterocycles. The SMILES string of the molecule is CCOC(=O)N1CCN(c2nc3ccccn3c(=O)c2/C=C2/SC(=S)N(Cc3ccc(F)cc3)C2=O)CC1. The van der Waals surface area contributed by atoms with Crippen LogP contribution in [0.5, 0.6) is 0 Å². The standard InChI is InChI=1S/C26H24FN5O4S2/c1-2-36-25(35)30-13-11-29(12-14-30)22-19(23(33)31-10-4-3-5-21(31)28-22)15-20-24(34)32(26(37)38-20)16-17-6-8-18(27)9-7-17/h3-10,15H,2,11-14,16H2,1H3/b20-15+. The second-order valence-electron chi connectivity index (χ2n) is 8.65. The van der Waals surface area contributed by atoms with Gasteiger partial charge in [-0.25, -0.2) is 14.2 Å². The Hall–Kier alpha value is -3.77. The van der Waals surface area contributed by atoms with E-state index in [1.54, 1.807) is 54.4 Å². The van der Waals surface area contributed by atoms with Gasteiger partial charge < -0.3 is 14.5 Å². The van der Waals surface area contributed by atoms with Crippen LogP contribution in [0.3, 0.4) is 0 Å². The van der Waals surface area contributed by atoms with Crippen molar-refractivity contribution < 1.29 is 18.7 Å². The summed E-state index contributed by atoms with van der Waals surface area (Å²) in [6, 6.07) is 11.1. The van der Waals surface area contributed by atoms with E-state index in [9.17, 15) is 18.8 Å². The molecule has 2 fully saturated rings. The largest absolute Gasteiger partial charge is 0.450 e. The van der Waals surface area contributed by atoms with Gasteiger partial charge in [0, 0.05) is 32.4 Å². The van der Waals surface area contributed by atoms with Crippen LogP contribution in [0, 0.1) is 5.82 Å². The van der Waals surface area contributed by atoms with Crippen LogP contribution in [0.2, 0.25) is 0 Å². The number of benzene rings is 1. The van der Waals surface area contributed by atoms with Crippen molar-refractivity contribution in [3.05, 3.63) is 80.9 Å². The predicted octanol–water partition coefficient (Wildman–Crippen LogP) is 3.51. The Kier molecular flexibility index (Phi) is 7.43. The minimum Gasteiger partial charge on any atom is -0.450 e. The Bertz CT molecular complexity index is 1500. The number of aromatic nitrogens is 2. The molecule has 0 atom stereocenters. The summed E-state index contributed by atoms with van der Waals surface area (Å²) in [4.78, 5) is 49.1. The molecule has 38 heavy (non-hydrogen) atoms. The molecular formula is C26H24FN5O4S2. The molecule has 9 nitrogen and oxygen atoms in total. The molecule has 2 aromatic heterocycles. The zero-order chi connectivity index (χ0) is 26.8. The molecule has 4 heterocycles. The van der Waals surface area contributed by atoms with Crippen LogP contribution in [0.25, 0.3) is 11.7 Å². The van der Waals surface area contributed by atoms with Crippen LogP contribution in [0.1, 0.15) is 18.1 Å². The smallest absolute Gasteiger partial charge is 0.409 e. The normalized spacial score (nSPS) is 17.1. The lowest BCUT2D eigenvalue weighted by Gasteiger charge is -2.35. The molecule has 0 radical (unpaired) electrons. The van der Waals surface area contributed by atoms with Gasteiger partial charge in [0.25, 0.3) is 11.5 Å². The van der Waals surface area contributed by atoms with Gasteiger partial charge in [-0.2, -0.15) is 0 Å². The number of nitrogens with zero attached hydrogens (tertiary/aromatic N) is 5. The molecule has 196 valence electrons. The van der Waals surface area contributed by atoms with Gasteiger partial charge in [-0.05, 0) is 42.8 Å². The fourth-order valence-corrected chi connectivity index (χ4v) is 5.55.